The second kappa shape index (κ2) is 8.65. The first-order valence-corrected chi connectivity index (χ1v) is 9.41. The molecule has 1 N–H and O–H groups in total. The summed E-state index contributed by atoms with van der Waals surface area (Å²) in [5.74, 6) is -0.145. The van der Waals surface area contributed by atoms with E-state index in [9.17, 15) is 9.18 Å². The highest BCUT2D eigenvalue weighted by molar-refractivity contribution is 6.04. The van der Waals surface area contributed by atoms with Crippen LogP contribution in [0.5, 0.6) is 0 Å². The summed E-state index contributed by atoms with van der Waals surface area (Å²) in [4.78, 5) is 20.8. The average molecular weight is 391 g/mol. The first kappa shape index (κ1) is 20.2. The van der Waals surface area contributed by atoms with E-state index in [0.717, 1.165) is 22.2 Å². The summed E-state index contributed by atoms with van der Waals surface area (Å²) in [6.07, 6.45) is 1.66. The van der Waals surface area contributed by atoms with Gasteiger partial charge in [-0.25, -0.2) is 14.4 Å². The van der Waals surface area contributed by atoms with Crippen molar-refractivity contribution in [1.82, 2.24) is 9.97 Å². The number of carbonyl (C=O) groups is 1. The molecule has 4 aromatic rings. The molecule has 0 aliphatic rings. The maximum atomic E-state index is 13.7. The van der Waals surface area contributed by atoms with E-state index >= 15 is 0 Å². The first-order valence-electron chi connectivity index (χ1n) is 9.41. The molecule has 0 aliphatic carbocycles. The first-order chi connectivity index (χ1) is 14.0. The highest BCUT2D eigenvalue weighted by Crippen LogP contribution is 2.28. The number of anilines is 1. The second-order valence-corrected chi connectivity index (χ2v) is 6.23. The molecule has 4 rings (SSSR count). The Bertz CT molecular complexity index is 1150. The molecule has 0 radical (unpaired) electrons. The highest BCUT2D eigenvalue weighted by atomic mass is 19.1. The van der Waals surface area contributed by atoms with Gasteiger partial charge in [-0.1, -0.05) is 26.0 Å². The molecule has 0 aliphatic heterocycles. The van der Waals surface area contributed by atoms with E-state index in [-0.39, 0.29) is 5.56 Å². The minimum atomic E-state index is -0.571. The molecule has 148 valence electrons. The van der Waals surface area contributed by atoms with Gasteiger partial charge in [0.2, 0.25) is 0 Å². The normalized spacial score (nSPS) is 10.4. The van der Waals surface area contributed by atoms with E-state index < -0.39 is 11.7 Å². The third-order valence-electron chi connectivity index (χ3n) is 4.28. The van der Waals surface area contributed by atoms with Crippen LogP contribution in [0.1, 0.15) is 35.7 Å². The van der Waals surface area contributed by atoms with Gasteiger partial charge in [-0.05, 0) is 54.4 Å². The van der Waals surface area contributed by atoms with Gasteiger partial charge in [-0.2, -0.15) is 0 Å². The quantitative estimate of drug-likeness (QED) is 0.470. The number of benzene rings is 2. The third kappa shape index (κ3) is 4.32. The topological polar surface area (TPSA) is 68.0 Å². The third-order valence-corrected chi connectivity index (χ3v) is 4.28. The predicted molar refractivity (Wildman–Crippen MR) is 112 cm³/mol. The van der Waals surface area contributed by atoms with Crippen LogP contribution in [0.4, 0.5) is 10.2 Å². The van der Waals surface area contributed by atoms with E-state index in [2.05, 4.69) is 15.3 Å². The van der Waals surface area contributed by atoms with Crippen molar-refractivity contribution in [2.45, 2.75) is 27.7 Å². The number of carbonyl (C=O) groups excluding carboxylic acids is 1. The van der Waals surface area contributed by atoms with Crippen LogP contribution in [0.15, 0.2) is 59.1 Å². The largest absolute Gasteiger partial charge is 0.441 e. The van der Waals surface area contributed by atoms with Crippen LogP contribution in [-0.4, -0.2) is 15.9 Å². The SMILES string of the molecule is CC.Cc1nc2cc(C)c(-c3ccc(NC(=O)c4ccccc4F)nc3)cc2o1. The Morgan fingerprint density at radius 1 is 1.07 bits per heavy atom. The van der Waals surface area contributed by atoms with E-state index in [4.69, 9.17) is 4.42 Å². The van der Waals surface area contributed by atoms with E-state index in [1.165, 1.54) is 18.2 Å². The maximum absolute atomic E-state index is 13.7. The predicted octanol–water partition coefficient (Wildman–Crippen LogP) is 5.92. The number of fused-ring (bicyclic) bond motifs is 1. The van der Waals surface area contributed by atoms with E-state index in [0.29, 0.717) is 17.3 Å². The highest BCUT2D eigenvalue weighted by Gasteiger charge is 2.13. The van der Waals surface area contributed by atoms with Crippen molar-refractivity contribution in [2.75, 3.05) is 5.32 Å². The molecular weight excluding hydrogens is 369 g/mol. The molecule has 6 heteroatoms. The number of hydrogen-bond donors (Lipinski definition) is 1. The van der Waals surface area contributed by atoms with Crippen LogP contribution in [0.3, 0.4) is 0 Å². The lowest BCUT2D eigenvalue weighted by Crippen LogP contribution is -2.14. The average Bonchev–Trinajstić information content (AvgIpc) is 3.08. The number of pyridine rings is 1. The van der Waals surface area contributed by atoms with Gasteiger partial charge in [0.25, 0.3) is 5.91 Å². The standard InChI is InChI=1S/C21H16FN3O2.C2H6/c1-12-9-18-19(27-13(2)24-18)10-16(12)14-7-8-20(23-11-14)25-21(26)15-5-3-4-6-17(15)22;1-2/h3-11H,1-2H3,(H,23,25,26);1-2H3. The minimum absolute atomic E-state index is 0.0228. The fraction of sp³-hybridized carbons (Fsp3) is 0.174. The molecule has 0 unspecified atom stereocenters. The number of nitrogens with one attached hydrogen (secondary N) is 1. The molecular formula is C23H22FN3O2. The summed E-state index contributed by atoms with van der Waals surface area (Å²) in [5.41, 5.74) is 4.40. The molecule has 2 heterocycles. The number of rotatable bonds is 3. The second-order valence-electron chi connectivity index (χ2n) is 6.23. The summed E-state index contributed by atoms with van der Waals surface area (Å²) in [7, 11) is 0. The lowest BCUT2D eigenvalue weighted by atomic mass is 10.0. The van der Waals surface area contributed by atoms with Gasteiger partial charge in [-0.15, -0.1) is 0 Å². The van der Waals surface area contributed by atoms with Gasteiger partial charge in [0.1, 0.15) is 17.2 Å². The van der Waals surface area contributed by atoms with Crippen LogP contribution in [0, 0.1) is 19.7 Å². The smallest absolute Gasteiger partial charge is 0.259 e. The maximum Gasteiger partial charge on any atom is 0.259 e. The summed E-state index contributed by atoms with van der Waals surface area (Å²) in [6, 6.07) is 13.2. The van der Waals surface area contributed by atoms with Crippen LogP contribution in [-0.2, 0) is 0 Å². The molecule has 0 saturated carbocycles. The summed E-state index contributed by atoms with van der Waals surface area (Å²) in [6.45, 7) is 7.80. The lowest BCUT2D eigenvalue weighted by Gasteiger charge is -2.08. The lowest BCUT2D eigenvalue weighted by molar-refractivity contribution is 0.102. The van der Waals surface area contributed by atoms with Gasteiger partial charge in [-0.3, -0.25) is 4.79 Å². The number of oxazole rings is 1. The van der Waals surface area contributed by atoms with Crippen LogP contribution in [0.2, 0.25) is 0 Å². The molecule has 0 fully saturated rings. The van der Waals surface area contributed by atoms with Gasteiger partial charge in [0.15, 0.2) is 11.5 Å². The molecule has 29 heavy (non-hydrogen) atoms. The van der Waals surface area contributed by atoms with Gasteiger partial charge in [0.05, 0.1) is 5.56 Å². The number of aryl methyl sites for hydroxylation is 2. The van der Waals surface area contributed by atoms with E-state index in [1.807, 2.05) is 45.9 Å². The molecule has 0 atom stereocenters. The number of nitrogens with zero attached hydrogens (tertiary/aromatic N) is 2. The molecule has 0 saturated heterocycles. The van der Waals surface area contributed by atoms with Gasteiger partial charge < -0.3 is 9.73 Å². The monoisotopic (exact) mass is 391 g/mol. The zero-order valence-corrected chi connectivity index (χ0v) is 16.8. The zero-order valence-electron chi connectivity index (χ0n) is 16.8. The number of amides is 1. The summed E-state index contributed by atoms with van der Waals surface area (Å²) < 4.78 is 19.3. The Hall–Kier alpha value is -3.54. The summed E-state index contributed by atoms with van der Waals surface area (Å²) >= 11 is 0. The molecule has 2 aromatic heterocycles. The van der Waals surface area contributed by atoms with Crippen molar-refractivity contribution < 1.29 is 13.6 Å². The molecule has 5 nitrogen and oxygen atoms in total. The molecule has 1 amide bonds. The van der Waals surface area contributed by atoms with Crippen LogP contribution >= 0.6 is 0 Å². The van der Waals surface area contributed by atoms with Crippen molar-refractivity contribution >= 4 is 22.8 Å². The fourth-order valence-electron chi connectivity index (χ4n) is 2.96. The Morgan fingerprint density at radius 2 is 1.83 bits per heavy atom. The minimum Gasteiger partial charge on any atom is -0.441 e. The molecule has 0 spiro atoms. The van der Waals surface area contributed by atoms with Crippen molar-refractivity contribution in [3.05, 3.63) is 77.6 Å². The Morgan fingerprint density at radius 3 is 2.52 bits per heavy atom. The van der Waals surface area contributed by atoms with E-state index in [1.54, 1.807) is 18.3 Å². The summed E-state index contributed by atoms with van der Waals surface area (Å²) in [5, 5.41) is 2.61. The fourth-order valence-corrected chi connectivity index (χ4v) is 2.96. The van der Waals surface area contributed by atoms with Crippen molar-refractivity contribution in [2.24, 2.45) is 0 Å². The van der Waals surface area contributed by atoms with Crippen molar-refractivity contribution in [3.8, 4) is 11.1 Å². The number of halogens is 1. The number of aromatic nitrogens is 2. The van der Waals surface area contributed by atoms with Crippen molar-refractivity contribution in [1.29, 1.82) is 0 Å². The van der Waals surface area contributed by atoms with Crippen LogP contribution in [0.25, 0.3) is 22.2 Å². The Balaban J connectivity index is 0.00000117. The van der Waals surface area contributed by atoms with Gasteiger partial charge in [0, 0.05) is 18.7 Å². The van der Waals surface area contributed by atoms with Crippen molar-refractivity contribution in [3.63, 3.8) is 0 Å². The zero-order chi connectivity index (χ0) is 21.0. The molecule has 2 aromatic carbocycles. The molecule has 0 bridgehead atoms. The Kier molecular flexibility index (Phi) is 6.02. The van der Waals surface area contributed by atoms with Gasteiger partial charge >= 0.3 is 0 Å². The Labute approximate surface area is 168 Å². The van der Waals surface area contributed by atoms with Crippen LogP contribution < -0.4 is 5.32 Å². The number of hydrogen-bond acceptors (Lipinski definition) is 4.